The minimum absolute atomic E-state index is 0. The molecule has 1 aromatic carbocycles. The molecule has 1 aliphatic rings. The summed E-state index contributed by atoms with van der Waals surface area (Å²) < 4.78 is 37.9. The molecule has 1 nitrogen and oxygen atoms in total. The molecule has 0 aromatic heterocycles. The van der Waals surface area contributed by atoms with Gasteiger partial charge in [-0.05, 0) is 43.0 Å². The fraction of sp³-hybridized carbons (Fsp3) is 0.538. The molecule has 5 heteroatoms. The molecule has 1 saturated heterocycles. The zero-order valence-electron chi connectivity index (χ0n) is 10.1. The molecule has 1 aromatic rings. The van der Waals surface area contributed by atoms with Gasteiger partial charge in [-0.2, -0.15) is 13.2 Å². The SMILES string of the molecule is C[C@@H]1CNCC[C@@H]1c1cccc(C(F)(F)F)c1.Cl. The molecule has 1 aliphatic heterocycles. The minimum atomic E-state index is -4.24. The largest absolute Gasteiger partial charge is 0.416 e. The fourth-order valence-corrected chi connectivity index (χ4v) is 2.45. The third kappa shape index (κ3) is 3.39. The molecule has 1 heterocycles. The van der Waals surface area contributed by atoms with E-state index in [1.807, 2.05) is 6.07 Å². The Hall–Kier alpha value is -0.740. The lowest BCUT2D eigenvalue weighted by atomic mass is 9.82. The van der Waals surface area contributed by atoms with E-state index >= 15 is 0 Å². The lowest BCUT2D eigenvalue weighted by Gasteiger charge is -2.30. The molecule has 0 radical (unpaired) electrons. The van der Waals surface area contributed by atoms with Crippen LogP contribution in [0.1, 0.15) is 30.4 Å². The van der Waals surface area contributed by atoms with Crippen molar-refractivity contribution in [2.24, 2.45) is 5.92 Å². The Labute approximate surface area is 111 Å². The van der Waals surface area contributed by atoms with Crippen LogP contribution in [0, 0.1) is 5.92 Å². The van der Waals surface area contributed by atoms with Gasteiger partial charge in [0.25, 0.3) is 0 Å². The minimum Gasteiger partial charge on any atom is -0.316 e. The van der Waals surface area contributed by atoms with Gasteiger partial charge >= 0.3 is 6.18 Å². The van der Waals surface area contributed by atoms with E-state index in [2.05, 4.69) is 12.2 Å². The maximum Gasteiger partial charge on any atom is 0.416 e. The molecule has 1 N–H and O–H groups in total. The van der Waals surface area contributed by atoms with Crippen molar-refractivity contribution in [2.75, 3.05) is 13.1 Å². The van der Waals surface area contributed by atoms with Crippen molar-refractivity contribution < 1.29 is 13.2 Å². The van der Waals surface area contributed by atoms with Gasteiger partial charge in [0, 0.05) is 0 Å². The highest BCUT2D eigenvalue weighted by atomic mass is 35.5. The van der Waals surface area contributed by atoms with Crippen LogP contribution < -0.4 is 5.32 Å². The highest BCUT2D eigenvalue weighted by molar-refractivity contribution is 5.85. The van der Waals surface area contributed by atoms with Crippen LogP contribution in [0.2, 0.25) is 0 Å². The smallest absolute Gasteiger partial charge is 0.316 e. The molecular formula is C13H17ClF3N. The van der Waals surface area contributed by atoms with Crippen LogP contribution in [0.4, 0.5) is 13.2 Å². The van der Waals surface area contributed by atoms with Gasteiger partial charge in [-0.15, -0.1) is 12.4 Å². The molecule has 2 atom stereocenters. The third-order valence-corrected chi connectivity index (χ3v) is 3.43. The standard InChI is InChI=1S/C13H16F3N.ClH/c1-9-8-17-6-5-12(9)10-3-2-4-11(7-10)13(14,15)16;/h2-4,7,9,12,17H,5-6,8H2,1H3;1H/t9-,12+;/m1./s1. The Kier molecular flexibility index (Phi) is 5.05. The molecule has 2 rings (SSSR count). The molecular weight excluding hydrogens is 263 g/mol. The molecule has 0 amide bonds. The molecule has 1 fully saturated rings. The van der Waals surface area contributed by atoms with E-state index in [-0.39, 0.29) is 18.3 Å². The van der Waals surface area contributed by atoms with Gasteiger partial charge in [-0.25, -0.2) is 0 Å². The Morgan fingerprint density at radius 1 is 1.28 bits per heavy atom. The third-order valence-electron chi connectivity index (χ3n) is 3.43. The number of hydrogen-bond acceptors (Lipinski definition) is 1. The second kappa shape index (κ2) is 5.93. The molecule has 18 heavy (non-hydrogen) atoms. The van der Waals surface area contributed by atoms with Crippen LogP contribution in [0.15, 0.2) is 24.3 Å². The van der Waals surface area contributed by atoms with Crippen LogP contribution in [0.5, 0.6) is 0 Å². The molecule has 102 valence electrons. The van der Waals surface area contributed by atoms with E-state index < -0.39 is 11.7 Å². The van der Waals surface area contributed by atoms with Crippen molar-refractivity contribution in [2.45, 2.75) is 25.4 Å². The normalized spacial score (nSPS) is 24.4. The summed E-state index contributed by atoms with van der Waals surface area (Å²) >= 11 is 0. The van der Waals surface area contributed by atoms with E-state index in [4.69, 9.17) is 0 Å². The van der Waals surface area contributed by atoms with Gasteiger partial charge < -0.3 is 5.32 Å². The Bertz CT molecular complexity index is 392. The number of rotatable bonds is 1. The van der Waals surface area contributed by atoms with Gasteiger partial charge in [-0.3, -0.25) is 0 Å². The first-order chi connectivity index (χ1) is 7.98. The summed E-state index contributed by atoms with van der Waals surface area (Å²) in [6, 6.07) is 5.75. The van der Waals surface area contributed by atoms with E-state index in [1.54, 1.807) is 0 Å². The van der Waals surface area contributed by atoms with Crippen LogP contribution >= 0.6 is 12.4 Å². The lowest BCUT2D eigenvalue weighted by Crippen LogP contribution is -2.33. The van der Waals surface area contributed by atoms with Crippen molar-refractivity contribution in [1.29, 1.82) is 0 Å². The first-order valence-corrected chi connectivity index (χ1v) is 5.86. The van der Waals surface area contributed by atoms with E-state index in [9.17, 15) is 13.2 Å². The van der Waals surface area contributed by atoms with Crippen LogP contribution in [-0.2, 0) is 6.18 Å². The second-order valence-corrected chi connectivity index (χ2v) is 4.70. The first kappa shape index (κ1) is 15.3. The summed E-state index contributed by atoms with van der Waals surface area (Å²) in [5.41, 5.74) is 0.273. The Morgan fingerprint density at radius 3 is 2.61 bits per heavy atom. The van der Waals surface area contributed by atoms with Crippen molar-refractivity contribution in [3.8, 4) is 0 Å². The lowest BCUT2D eigenvalue weighted by molar-refractivity contribution is -0.137. The first-order valence-electron chi connectivity index (χ1n) is 5.86. The number of piperidine rings is 1. The number of alkyl halides is 3. The summed E-state index contributed by atoms with van der Waals surface area (Å²) in [4.78, 5) is 0. The summed E-state index contributed by atoms with van der Waals surface area (Å²) in [6.45, 7) is 3.84. The molecule has 0 bridgehead atoms. The summed E-state index contributed by atoms with van der Waals surface area (Å²) in [6.07, 6.45) is -3.34. The van der Waals surface area contributed by atoms with E-state index in [0.29, 0.717) is 5.92 Å². The second-order valence-electron chi connectivity index (χ2n) is 4.70. The predicted molar refractivity (Wildman–Crippen MR) is 68.1 cm³/mol. The Morgan fingerprint density at radius 2 is 2.00 bits per heavy atom. The van der Waals surface area contributed by atoms with Gasteiger partial charge in [-0.1, -0.05) is 25.1 Å². The van der Waals surface area contributed by atoms with Gasteiger partial charge in [0.15, 0.2) is 0 Å². The van der Waals surface area contributed by atoms with E-state index in [0.717, 1.165) is 31.1 Å². The van der Waals surface area contributed by atoms with Crippen molar-refractivity contribution in [3.63, 3.8) is 0 Å². The number of halogens is 4. The maximum atomic E-state index is 12.6. The number of nitrogens with one attached hydrogen (secondary N) is 1. The van der Waals surface area contributed by atoms with Crippen LogP contribution in [-0.4, -0.2) is 13.1 Å². The monoisotopic (exact) mass is 279 g/mol. The zero-order chi connectivity index (χ0) is 12.5. The summed E-state index contributed by atoms with van der Waals surface area (Å²) in [7, 11) is 0. The predicted octanol–water partition coefficient (Wildman–Crippen LogP) is 3.84. The maximum absolute atomic E-state index is 12.6. The topological polar surface area (TPSA) is 12.0 Å². The summed E-state index contributed by atoms with van der Waals surface area (Å²) in [5, 5.41) is 3.26. The van der Waals surface area contributed by atoms with E-state index in [1.165, 1.54) is 12.1 Å². The molecule has 0 aliphatic carbocycles. The molecule has 0 spiro atoms. The molecule has 0 saturated carbocycles. The fourth-order valence-electron chi connectivity index (χ4n) is 2.45. The van der Waals surface area contributed by atoms with Gasteiger partial charge in [0.05, 0.1) is 5.56 Å². The number of benzene rings is 1. The van der Waals surface area contributed by atoms with Crippen molar-refractivity contribution >= 4 is 12.4 Å². The Balaban J connectivity index is 0.00000162. The van der Waals surface area contributed by atoms with Gasteiger partial charge in [0.1, 0.15) is 0 Å². The van der Waals surface area contributed by atoms with Crippen LogP contribution in [0.25, 0.3) is 0 Å². The highest BCUT2D eigenvalue weighted by Crippen LogP contribution is 2.34. The quantitative estimate of drug-likeness (QED) is 0.824. The molecule has 0 unspecified atom stereocenters. The van der Waals surface area contributed by atoms with Crippen molar-refractivity contribution in [1.82, 2.24) is 5.32 Å². The zero-order valence-corrected chi connectivity index (χ0v) is 10.9. The number of hydrogen-bond donors (Lipinski definition) is 1. The highest BCUT2D eigenvalue weighted by Gasteiger charge is 2.31. The van der Waals surface area contributed by atoms with Crippen LogP contribution in [0.3, 0.4) is 0 Å². The van der Waals surface area contributed by atoms with Gasteiger partial charge in [0.2, 0.25) is 0 Å². The summed E-state index contributed by atoms with van der Waals surface area (Å²) in [5.74, 6) is 0.616. The van der Waals surface area contributed by atoms with Crippen molar-refractivity contribution in [3.05, 3.63) is 35.4 Å². The average Bonchev–Trinajstić information content (AvgIpc) is 2.29. The average molecular weight is 280 g/mol.